The standard InChI is InChI=1S/C15H12FN3OS/c16-10-6-9(10)14(20)13-15(17)18-12-4-3-8(7-19(12)13)11-2-1-5-21-11/h1-5,7,9-10H,6,17H2/t9-,10+/m1/s1. The van der Waals surface area contributed by atoms with Crippen molar-refractivity contribution in [1.82, 2.24) is 9.38 Å². The second-order valence-electron chi connectivity index (χ2n) is 5.19. The lowest BCUT2D eigenvalue weighted by Gasteiger charge is -2.03. The molecule has 2 N–H and O–H groups in total. The van der Waals surface area contributed by atoms with E-state index >= 15 is 0 Å². The lowest BCUT2D eigenvalue weighted by Crippen LogP contribution is -2.10. The molecular formula is C15H12FN3OS. The number of nitrogen functional groups attached to an aromatic ring is 1. The number of aromatic nitrogens is 2. The number of alkyl halides is 1. The van der Waals surface area contributed by atoms with Gasteiger partial charge in [-0.15, -0.1) is 11.3 Å². The molecular weight excluding hydrogens is 289 g/mol. The Morgan fingerprint density at radius 1 is 1.43 bits per heavy atom. The Balaban J connectivity index is 1.87. The fourth-order valence-electron chi connectivity index (χ4n) is 2.51. The van der Waals surface area contributed by atoms with Crippen molar-refractivity contribution in [2.24, 2.45) is 5.92 Å². The van der Waals surface area contributed by atoms with E-state index < -0.39 is 12.1 Å². The van der Waals surface area contributed by atoms with Crippen molar-refractivity contribution in [2.45, 2.75) is 12.6 Å². The third-order valence-corrected chi connectivity index (χ3v) is 4.65. The van der Waals surface area contributed by atoms with Crippen molar-refractivity contribution < 1.29 is 9.18 Å². The van der Waals surface area contributed by atoms with Gasteiger partial charge in [-0.2, -0.15) is 0 Å². The van der Waals surface area contributed by atoms with Crippen LogP contribution in [0.25, 0.3) is 16.1 Å². The van der Waals surface area contributed by atoms with E-state index in [1.807, 2.05) is 35.8 Å². The van der Waals surface area contributed by atoms with Gasteiger partial charge in [0.15, 0.2) is 11.6 Å². The minimum Gasteiger partial charge on any atom is -0.382 e. The van der Waals surface area contributed by atoms with Gasteiger partial charge in [0.25, 0.3) is 0 Å². The van der Waals surface area contributed by atoms with Gasteiger partial charge in [-0.05, 0) is 30.0 Å². The number of rotatable bonds is 3. The molecule has 0 aliphatic heterocycles. The zero-order chi connectivity index (χ0) is 14.6. The first-order valence-corrected chi connectivity index (χ1v) is 7.53. The molecule has 21 heavy (non-hydrogen) atoms. The van der Waals surface area contributed by atoms with Crippen molar-refractivity contribution in [3.63, 3.8) is 0 Å². The number of carbonyl (C=O) groups excluding carboxylic acids is 1. The van der Waals surface area contributed by atoms with Crippen LogP contribution in [0, 0.1) is 5.92 Å². The summed E-state index contributed by atoms with van der Waals surface area (Å²) < 4.78 is 14.8. The molecule has 3 heterocycles. The Morgan fingerprint density at radius 3 is 2.90 bits per heavy atom. The summed E-state index contributed by atoms with van der Waals surface area (Å²) in [5.41, 5.74) is 7.75. The highest BCUT2D eigenvalue weighted by molar-refractivity contribution is 7.13. The zero-order valence-electron chi connectivity index (χ0n) is 11.0. The molecule has 0 aromatic carbocycles. The molecule has 2 atom stereocenters. The molecule has 0 bridgehead atoms. The Hall–Kier alpha value is -2.21. The van der Waals surface area contributed by atoms with Gasteiger partial charge in [-0.3, -0.25) is 9.20 Å². The van der Waals surface area contributed by atoms with Crippen molar-refractivity contribution >= 4 is 28.6 Å². The van der Waals surface area contributed by atoms with Gasteiger partial charge in [-0.1, -0.05) is 6.07 Å². The van der Waals surface area contributed by atoms with Crippen LogP contribution in [0.4, 0.5) is 10.2 Å². The number of nitrogens with zero attached hydrogens (tertiary/aromatic N) is 2. The molecule has 1 saturated carbocycles. The number of pyridine rings is 1. The van der Waals surface area contributed by atoms with Crippen LogP contribution in [0.5, 0.6) is 0 Å². The summed E-state index contributed by atoms with van der Waals surface area (Å²) in [6, 6.07) is 7.74. The van der Waals surface area contributed by atoms with E-state index in [9.17, 15) is 9.18 Å². The second-order valence-corrected chi connectivity index (χ2v) is 6.14. The summed E-state index contributed by atoms with van der Waals surface area (Å²) >= 11 is 1.61. The molecule has 3 aromatic rings. The first kappa shape index (κ1) is 12.5. The Morgan fingerprint density at radius 2 is 2.24 bits per heavy atom. The monoisotopic (exact) mass is 301 g/mol. The Kier molecular flexibility index (Phi) is 2.62. The molecule has 1 aliphatic rings. The fourth-order valence-corrected chi connectivity index (χ4v) is 3.23. The molecule has 4 rings (SSSR count). The van der Waals surface area contributed by atoms with Crippen molar-refractivity contribution in [2.75, 3.05) is 5.73 Å². The van der Waals surface area contributed by atoms with E-state index in [-0.39, 0.29) is 18.0 Å². The number of fused-ring (bicyclic) bond motifs is 1. The Bertz CT molecular complexity index is 840. The zero-order valence-corrected chi connectivity index (χ0v) is 11.8. The third kappa shape index (κ3) is 1.94. The highest BCUT2D eigenvalue weighted by Gasteiger charge is 2.45. The summed E-state index contributed by atoms with van der Waals surface area (Å²) in [5.74, 6) is -0.643. The molecule has 4 nitrogen and oxygen atoms in total. The maximum atomic E-state index is 13.2. The number of halogens is 1. The van der Waals surface area contributed by atoms with Gasteiger partial charge in [0.1, 0.15) is 17.5 Å². The molecule has 0 amide bonds. The number of hydrogen-bond acceptors (Lipinski definition) is 4. The summed E-state index contributed by atoms with van der Waals surface area (Å²) in [7, 11) is 0. The number of thiophene rings is 1. The SMILES string of the molecule is Nc1nc2ccc(-c3cccs3)cn2c1C(=O)[C@@H]1C[C@@H]1F. The number of ketones is 1. The van der Waals surface area contributed by atoms with E-state index in [1.54, 1.807) is 15.7 Å². The van der Waals surface area contributed by atoms with Crippen LogP contribution in [-0.4, -0.2) is 21.3 Å². The predicted octanol–water partition coefficient (Wildman–Crippen LogP) is 3.19. The van der Waals surface area contributed by atoms with Crippen LogP contribution in [-0.2, 0) is 0 Å². The highest BCUT2D eigenvalue weighted by atomic mass is 32.1. The van der Waals surface area contributed by atoms with E-state index in [0.29, 0.717) is 11.3 Å². The molecule has 0 spiro atoms. The van der Waals surface area contributed by atoms with E-state index in [0.717, 1.165) is 10.4 Å². The average molecular weight is 301 g/mol. The first-order valence-electron chi connectivity index (χ1n) is 6.65. The quantitative estimate of drug-likeness (QED) is 0.756. The number of hydrogen-bond donors (Lipinski definition) is 1. The molecule has 106 valence electrons. The van der Waals surface area contributed by atoms with E-state index in [4.69, 9.17) is 5.73 Å². The van der Waals surface area contributed by atoms with Gasteiger partial charge in [0.05, 0.1) is 5.92 Å². The number of anilines is 1. The first-order chi connectivity index (χ1) is 10.1. The smallest absolute Gasteiger partial charge is 0.189 e. The molecule has 1 aliphatic carbocycles. The van der Waals surface area contributed by atoms with Gasteiger partial charge >= 0.3 is 0 Å². The fraction of sp³-hybridized carbons (Fsp3) is 0.200. The van der Waals surface area contributed by atoms with Crippen LogP contribution in [0.15, 0.2) is 35.8 Å². The Labute approximate surface area is 124 Å². The average Bonchev–Trinajstić information content (AvgIpc) is 2.91. The van der Waals surface area contributed by atoms with E-state index in [2.05, 4.69) is 4.98 Å². The van der Waals surface area contributed by atoms with Crippen molar-refractivity contribution in [1.29, 1.82) is 0 Å². The minimum absolute atomic E-state index is 0.169. The molecule has 0 saturated heterocycles. The molecule has 3 aromatic heterocycles. The normalized spacial score (nSPS) is 20.8. The van der Waals surface area contributed by atoms with Crippen LogP contribution in [0.2, 0.25) is 0 Å². The van der Waals surface area contributed by atoms with Gasteiger partial charge in [-0.25, -0.2) is 9.37 Å². The summed E-state index contributed by atoms with van der Waals surface area (Å²) in [6.45, 7) is 0. The second kappa shape index (κ2) is 4.39. The molecule has 0 unspecified atom stereocenters. The number of carbonyl (C=O) groups is 1. The minimum atomic E-state index is -1.04. The number of imidazole rings is 1. The highest BCUT2D eigenvalue weighted by Crippen LogP contribution is 2.38. The van der Waals surface area contributed by atoms with Crippen LogP contribution >= 0.6 is 11.3 Å². The lowest BCUT2D eigenvalue weighted by atomic mass is 10.2. The summed E-state index contributed by atoms with van der Waals surface area (Å²) in [5, 5.41) is 1.99. The maximum Gasteiger partial charge on any atom is 0.189 e. The molecule has 1 fully saturated rings. The van der Waals surface area contributed by atoms with Gasteiger partial charge in [0, 0.05) is 16.6 Å². The lowest BCUT2D eigenvalue weighted by molar-refractivity contribution is 0.0952. The van der Waals surface area contributed by atoms with Crippen LogP contribution < -0.4 is 5.73 Å². The van der Waals surface area contributed by atoms with Crippen molar-refractivity contribution in [3.8, 4) is 10.4 Å². The van der Waals surface area contributed by atoms with Gasteiger partial charge in [0.2, 0.25) is 0 Å². The summed E-state index contributed by atoms with van der Waals surface area (Å²) in [4.78, 5) is 17.6. The number of nitrogens with two attached hydrogens (primary N) is 1. The van der Waals surface area contributed by atoms with Crippen LogP contribution in [0.3, 0.4) is 0 Å². The van der Waals surface area contributed by atoms with E-state index in [1.165, 1.54) is 0 Å². The number of Topliss-reactive ketones (excluding diaryl/α,β-unsaturated/α-hetero) is 1. The predicted molar refractivity (Wildman–Crippen MR) is 80.3 cm³/mol. The summed E-state index contributed by atoms with van der Waals surface area (Å²) in [6.07, 6.45) is 1.09. The van der Waals surface area contributed by atoms with Crippen molar-refractivity contribution in [3.05, 3.63) is 41.5 Å². The molecule has 0 radical (unpaired) electrons. The van der Waals surface area contributed by atoms with Gasteiger partial charge < -0.3 is 5.73 Å². The third-order valence-electron chi connectivity index (χ3n) is 3.73. The topological polar surface area (TPSA) is 60.4 Å². The molecule has 6 heteroatoms. The van der Waals surface area contributed by atoms with Crippen LogP contribution in [0.1, 0.15) is 16.9 Å². The maximum absolute atomic E-state index is 13.2. The largest absolute Gasteiger partial charge is 0.382 e.